The van der Waals surface area contributed by atoms with Crippen LogP contribution < -0.4 is 15.0 Å². The summed E-state index contributed by atoms with van der Waals surface area (Å²) in [6.07, 6.45) is 1.97. The van der Waals surface area contributed by atoms with Gasteiger partial charge in [0.25, 0.3) is 0 Å². The van der Waals surface area contributed by atoms with Gasteiger partial charge >= 0.3 is 0 Å². The van der Waals surface area contributed by atoms with E-state index in [1.165, 1.54) is 0 Å². The number of ether oxygens (including phenoxy) is 1. The highest BCUT2D eigenvalue weighted by molar-refractivity contribution is 9.10. The number of likely N-dealkylation sites (N-methyl/N-ethyl adjacent to an activating group) is 1. The number of piperidine rings is 1. The molecule has 28 heavy (non-hydrogen) atoms. The largest absolute Gasteiger partial charge is 0.492 e. The average Bonchev–Trinajstić information content (AvgIpc) is 2.71. The number of benzene rings is 2. The number of carbonyl (C=O) groups excluding carboxylic acids is 1. The van der Waals surface area contributed by atoms with Crippen molar-refractivity contribution in [3.05, 3.63) is 59.1 Å². The topological polar surface area (TPSA) is 44.8 Å². The molecule has 3 rings (SSSR count). The van der Waals surface area contributed by atoms with E-state index in [0.29, 0.717) is 13.2 Å². The van der Waals surface area contributed by atoms with Gasteiger partial charge < -0.3 is 15.0 Å². The van der Waals surface area contributed by atoms with Crippen LogP contribution in [0.25, 0.3) is 0 Å². The van der Waals surface area contributed by atoms with E-state index in [9.17, 15) is 4.79 Å². The minimum Gasteiger partial charge on any atom is -0.492 e. The fraction of sp³-hybridized carbons (Fsp3) is 0.409. The van der Waals surface area contributed by atoms with Crippen molar-refractivity contribution >= 4 is 27.5 Å². The van der Waals surface area contributed by atoms with E-state index in [0.717, 1.165) is 48.4 Å². The SMILES string of the molecule is CN(CC(=O)NC1CCN(CCOc2ccc(Br)cc2)CC1)c1ccccc1. The predicted molar refractivity (Wildman–Crippen MR) is 117 cm³/mol. The molecule has 2 aromatic carbocycles. The maximum Gasteiger partial charge on any atom is 0.239 e. The zero-order valence-corrected chi connectivity index (χ0v) is 17.9. The Morgan fingerprint density at radius 3 is 2.50 bits per heavy atom. The first kappa shape index (κ1) is 20.7. The first-order valence-corrected chi connectivity index (χ1v) is 10.6. The molecule has 5 nitrogen and oxygen atoms in total. The van der Waals surface area contributed by atoms with Gasteiger partial charge in [-0.2, -0.15) is 0 Å². The number of nitrogens with one attached hydrogen (secondary N) is 1. The van der Waals surface area contributed by atoms with Gasteiger partial charge in [0, 0.05) is 42.9 Å². The molecule has 6 heteroatoms. The number of anilines is 1. The summed E-state index contributed by atoms with van der Waals surface area (Å²) in [4.78, 5) is 16.7. The molecule has 2 aromatic rings. The number of likely N-dealkylation sites (tertiary alicyclic amines) is 1. The van der Waals surface area contributed by atoms with Crippen molar-refractivity contribution in [3.8, 4) is 5.75 Å². The number of hydrogen-bond donors (Lipinski definition) is 1. The van der Waals surface area contributed by atoms with Gasteiger partial charge in [-0.3, -0.25) is 9.69 Å². The zero-order valence-electron chi connectivity index (χ0n) is 16.3. The quantitative estimate of drug-likeness (QED) is 0.674. The van der Waals surface area contributed by atoms with Crippen molar-refractivity contribution in [1.82, 2.24) is 10.2 Å². The van der Waals surface area contributed by atoms with Crippen LogP contribution in [0.4, 0.5) is 5.69 Å². The van der Waals surface area contributed by atoms with Crippen LogP contribution in [0.5, 0.6) is 5.75 Å². The molecule has 0 spiro atoms. The summed E-state index contributed by atoms with van der Waals surface area (Å²) < 4.78 is 6.86. The van der Waals surface area contributed by atoms with Gasteiger partial charge in [0.1, 0.15) is 12.4 Å². The normalized spacial score (nSPS) is 15.2. The molecule has 1 heterocycles. The molecule has 0 saturated carbocycles. The van der Waals surface area contributed by atoms with E-state index >= 15 is 0 Å². The number of rotatable bonds is 8. The number of hydrogen-bond acceptors (Lipinski definition) is 4. The lowest BCUT2D eigenvalue weighted by atomic mass is 10.1. The Bertz CT molecular complexity index is 731. The van der Waals surface area contributed by atoms with Crippen LogP contribution in [0.1, 0.15) is 12.8 Å². The van der Waals surface area contributed by atoms with Gasteiger partial charge in [0.15, 0.2) is 0 Å². The smallest absolute Gasteiger partial charge is 0.239 e. The van der Waals surface area contributed by atoms with Crippen molar-refractivity contribution in [2.24, 2.45) is 0 Å². The molecule has 1 aliphatic rings. The van der Waals surface area contributed by atoms with Crippen LogP contribution in [0, 0.1) is 0 Å². The van der Waals surface area contributed by atoms with E-state index in [1.807, 2.05) is 66.5 Å². The zero-order chi connectivity index (χ0) is 19.8. The van der Waals surface area contributed by atoms with Gasteiger partial charge in [0.05, 0.1) is 6.54 Å². The number of amides is 1. The van der Waals surface area contributed by atoms with Crippen LogP contribution in [-0.4, -0.2) is 56.7 Å². The van der Waals surface area contributed by atoms with Crippen LogP contribution in [-0.2, 0) is 4.79 Å². The third kappa shape index (κ3) is 6.53. The second-order valence-corrected chi connectivity index (χ2v) is 8.09. The Kier molecular flexibility index (Phi) is 7.74. The molecule has 1 fully saturated rings. The molecule has 1 amide bonds. The standard InChI is InChI=1S/C22H28BrN3O2/c1-25(20-5-3-2-4-6-20)17-22(27)24-19-11-13-26(14-12-19)15-16-28-21-9-7-18(23)8-10-21/h2-10,19H,11-17H2,1H3,(H,24,27). The Morgan fingerprint density at radius 1 is 1.14 bits per heavy atom. The minimum absolute atomic E-state index is 0.0865. The summed E-state index contributed by atoms with van der Waals surface area (Å²) in [5.74, 6) is 0.983. The van der Waals surface area contributed by atoms with Gasteiger partial charge in [-0.15, -0.1) is 0 Å². The number of para-hydroxylation sites is 1. The van der Waals surface area contributed by atoms with E-state index < -0.39 is 0 Å². The maximum atomic E-state index is 12.3. The number of carbonyl (C=O) groups is 1. The molecule has 1 aliphatic heterocycles. The molecular formula is C22H28BrN3O2. The minimum atomic E-state index is 0.0865. The van der Waals surface area contributed by atoms with Crippen LogP contribution in [0.2, 0.25) is 0 Å². The molecule has 0 unspecified atom stereocenters. The lowest BCUT2D eigenvalue weighted by molar-refractivity contribution is -0.120. The summed E-state index contributed by atoms with van der Waals surface area (Å²) >= 11 is 3.43. The molecule has 0 aromatic heterocycles. The second-order valence-electron chi connectivity index (χ2n) is 7.18. The Labute approximate surface area is 175 Å². The van der Waals surface area contributed by atoms with Gasteiger partial charge in [-0.1, -0.05) is 34.1 Å². The summed E-state index contributed by atoms with van der Waals surface area (Å²) in [6.45, 7) is 3.95. The van der Waals surface area contributed by atoms with Gasteiger partial charge in [0.2, 0.25) is 5.91 Å². The number of halogens is 1. The highest BCUT2D eigenvalue weighted by atomic mass is 79.9. The molecule has 1 saturated heterocycles. The fourth-order valence-corrected chi connectivity index (χ4v) is 3.65. The van der Waals surface area contributed by atoms with Gasteiger partial charge in [-0.05, 0) is 49.2 Å². The Morgan fingerprint density at radius 2 is 1.82 bits per heavy atom. The van der Waals surface area contributed by atoms with Crippen molar-refractivity contribution in [2.45, 2.75) is 18.9 Å². The number of nitrogens with zero attached hydrogens (tertiary/aromatic N) is 2. The highest BCUT2D eigenvalue weighted by Crippen LogP contribution is 2.16. The summed E-state index contributed by atoms with van der Waals surface area (Å²) in [5.41, 5.74) is 1.05. The first-order chi connectivity index (χ1) is 13.6. The predicted octanol–water partition coefficient (Wildman–Crippen LogP) is 3.54. The molecule has 1 N–H and O–H groups in total. The lowest BCUT2D eigenvalue weighted by Crippen LogP contribution is -2.47. The Balaban J connectivity index is 1.32. The first-order valence-electron chi connectivity index (χ1n) is 9.76. The van der Waals surface area contributed by atoms with Crippen LogP contribution in [0.3, 0.4) is 0 Å². The van der Waals surface area contributed by atoms with Crippen molar-refractivity contribution in [1.29, 1.82) is 0 Å². The van der Waals surface area contributed by atoms with Crippen LogP contribution in [0.15, 0.2) is 59.1 Å². The van der Waals surface area contributed by atoms with Crippen molar-refractivity contribution in [2.75, 3.05) is 44.7 Å². The monoisotopic (exact) mass is 445 g/mol. The maximum absolute atomic E-state index is 12.3. The molecule has 150 valence electrons. The molecular weight excluding hydrogens is 418 g/mol. The fourth-order valence-electron chi connectivity index (χ4n) is 3.39. The molecule has 0 bridgehead atoms. The van der Waals surface area contributed by atoms with E-state index in [4.69, 9.17) is 4.74 Å². The Hall–Kier alpha value is -2.05. The van der Waals surface area contributed by atoms with Crippen molar-refractivity contribution < 1.29 is 9.53 Å². The summed E-state index contributed by atoms with van der Waals surface area (Å²) in [6, 6.07) is 18.2. The second kappa shape index (κ2) is 10.5. The van der Waals surface area contributed by atoms with Gasteiger partial charge in [-0.25, -0.2) is 0 Å². The third-order valence-electron chi connectivity index (χ3n) is 5.02. The van der Waals surface area contributed by atoms with Crippen LogP contribution >= 0.6 is 15.9 Å². The van der Waals surface area contributed by atoms with E-state index in [1.54, 1.807) is 0 Å². The summed E-state index contributed by atoms with van der Waals surface area (Å²) in [7, 11) is 1.95. The third-order valence-corrected chi connectivity index (χ3v) is 5.55. The molecule has 0 atom stereocenters. The average molecular weight is 446 g/mol. The van der Waals surface area contributed by atoms with E-state index in [-0.39, 0.29) is 11.9 Å². The highest BCUT2D eigenvalue weighted by Gasteiger charge is 2.21. The lowest BCUT2D eigenvalue weighted by Gasteiger charge is -2.32. The summed E-state index contributed by atoms with van der Waals surface area (Å²) in [5, 5.41) is 3.18. The molecule has 0 aliphatic carbocycles. The van der Waals surface area contributed by atoms with Crippen molar-refractivity contribution in [3.63, 3.8) is 0 Å². The van der Waals surface area contributed by atoms with E-state index in [2.05, 4.69) is 26.1 Å². The molecule has 0 radical (unpaired) electrons.